The normalized spacial score (nSPS) is 24.6. The molecule has 0 radical (unpaired) electrons. The fourth-order valence-electron chi connectivity index (χ4n) is 2.48. The second-order valence-corrected chi connectivity index (χ2v) is 6.73. The molecule has 2 N–H and O–H groups in total. The van der Waals surface area contributed by atoms with Gasteiger partial charge in [-0.2, -0.15) is 4.31 Å². The Morgan fingerprint density at radius 3 is 2.50 bits per heavy atom. The van der Waals surface area contributed by atoms with Crippen molar-refractivity contribution in [1.29, 1.82) is 0 Å². The summed E-state index contributed by atoms with van der Waals surface area (Å²) in [6.45, 7) is 1.97. The molecule has 0 aliphatic heterocycles. The van der Waals surface area contributed by atoms with Gasteiger partial charge in [-0.05, 0) is 19.3 Å². The molecule has 1 aliphatic rings. The molecule has 0 aromatic rings. The molecule has 0 bridgehead atoms. The van der Waals surface area contributed by atoms with Crippen LogP contribution >= 0.6 is 0 Å². The van der Waals surface area contributed by atoms with Gasteiger partial charge in [-0.3, -0.25) is 4.79 Å². The number of carboxylic acids is 1. The highest BCUT2D eigenvalue weighted by atomic mass is 32.2. The standard InChI is InChI=1S/C11H21NO5S/c1-2-6-12(7-8-13)18(16,17)10-5-3-4-9(10)11(14)15/h9-10,13H,2-8H2,1H3,(H,14,15). The first-order chi connectivity index (χ1) is 8.45. The highest BCUT2D eigenvalue weighted by Crippen LogP contribution is 2.33. The number of aliphatic carboxylic acids is 1. The first-order valence-electron chi connectivity index (χ1n) is 6.27. The van der Waals surface area contributed by atoms with E-state index in [9.17, 15) is 13.2 Å². The summed E-state index contributed by atoms with van der Waals surface area (Å²) >= 11 is 0. The number of carbonyl (C=O) groups is 1. The molecule has 0 spiro atoms. The molecule has 0 saturated heterocycles. The van der Waals surface area contributed by atoms with Crippen molar-refractivity contribution in [1.82, 2.24) is 4.31 Å². The summed E-state index contributed by atoms with van der Waals surface area (Å²) in [6, 6.07) is 0. The van der Waals surface area contributed by atoms with Gasteiger partial charge in [0.2, 0.25) is 10.0 Å². The second kappa shape index (κ2) is 6.49. The zero-order chi connectivity index (χ0) is 13.8. The molecule has 0 aromatic carbocycles. The van der Waals surface area contributed by atoms with E-state index in [0.29, 0.717) is 32.2 Å². The van der Waals surface area contributed by atoms with E-state index in [1.807, 2.05) is 6.92 Å². The third-order valence-electron chi connectivity index (χ3n) is 3.33. The van der Waals surface area contributed by atoms with Crippen molar-refractivity contribution in [3.8, 4) is 0 Å². The van der Waals surface area contributed by atoms with Crippen LogP contribution < -0.4 is 0 Å². The predicted octanol–water partition coefficient (Wildman–Crippen LogP) is 0.274. The number of aliphatic hydroxyl groups excluding tert-OH is 1. The van der Waals surface area contributed by atoms with Crippen LogP contribution in [-0.4, -0.2) is 53.9 Å². The van der Waals surface area contributed by atoms with Crippen LogP contribution in [0.15, 0.2) is 0 Å². The third kappa shape index (κ3) is 3.21. The van der Waals surface area contributed by atoms with Gasteiger partial charge in [-0.15, -0.1) is 0 Å². The molecule has 0 heterocycles. The van der Waals surface area contributed by atoms with Crippen LogP contribution in [0.25, 0.3) is 0 Å². The van der Waals surface area contributed by atoms with Crippen molar-refractivity contribution in [2.45, 2.75) is 37.9 Å². The van der Waals surface area contributed by atoms with E-state index in [4.69, 9.17) is 10.2 Å². The summed E-state index contributed by atoms with van der Waals surface area (Å²) in [5.74, 6) is -1.85. The van der Waals surface area contributed by atoms with Crippen molar-refractivity contribution in [3.63, 3.8) is 0 Å². The molecule has 0 amide bonds. The second-order valence-electron chi connectivity index (χ2n) is 4.58. The Bertz CT molecular complexity index is 375. The molecule has 1 rings (SSSR count). The molecular weight excluding hydrogens is 258 g/mol. The van der Waals surface area contributed by atoms with Gasteiger partial charge in [-0.25, -0.2) is 8.42 Å². The number of rotatable bonds is 7. The lowest BCUT2D eigenvalue weighted by molar-refractivity contribution is -0.141. The predicted molar refractivity (Wildman–Crippen MR) is 66.6 cm³/mol. The summed E-state index contributed by atoms with van der Waals surface area (Å²) in [5.41, 5.74) is 0. The smallest absolute Gasteiger partial charge is 0.307 e. The summed E-state index contributed by atoms with van der Waals surface area (Å²) in [5, 5.41) is 17.1. The number of carboxylic acid groups (broad SMARTS) is 1. The maximum atomic E-state index is 12.4. The fraction of sp³-hybridized carbons (Fsp3) is 0.909. The van der Waals surface area contributed by atoms with Crippen LogP contribution in [0, 0.1) is 5.92 Å². The summed E-state index contributed by atoms with van der Waals surface area (Å²) in [7, 11) is -3.63. The topological polar surface area (TPSA) is 94.9 Å². The summed E-state index contributed by atoms with van der Waals surface area (Å²) in [6.07, 6.45) is 2.08. The quantitative estimate of drug-likeness (QED) is 0.697. The molecule has 0 aromatic heterocycles. The van der Waals surface area contributed by atoms with Gasteiger partial charge in [0.25, 0.3) is 0 Å². The molecule has 2 atom stereocenters. The number of sulfonamides is 1. The minimum absolute atomic E-state index is 0.0407. The molecule has 106 valence electrons. The van der Waals surface area contributed by atoms with Crippen LogP contribution in [0.3, 0.4) is 0 Å². The Hall–Kier alpha value is -0.660. The zero-order valence-corrected chi connectivity index (χ0v) is 11.4. The number of aliphatic hydroxyl groups is 1. The lowest BCUT2D eigenvalue weighted by Crippen LogP contribution is -2.43. The molecule has 6 nitrogen and oxygen atoms in total. The first-order valence-corrected chi connectivity index (χ1v) is 7.78. The van der Waals surface area contributed by atoms with Gasteiger partial charge in [0, 0.05) is 13.1 Å². The maximum Gasteiger partial charge on any atom is 0.307 e. The van der Waals surface area contributed by atoms with Crippen molar-refractivity contribution in [3.05, 3.63) is 0 Å². The molecular formula is C11H21NO5S. The molecule has 18 heavy (non-hydrogen) atoms. The van der Waals surface area contributed by atoms with E-state index in [0.717, 1.165) is 0 Å². The Labute approximate surface area is 108 Å². The minimum Gasteiger partial charge on any atom is -0.481 e. The van der Waals surface area contributed by atoms with E-state index in [1.165, 1.54) is 4.31 Å². The fourth-order valence-corrected chi connectivity index (χ4v) is 4.77. The average molecular weight is 279 g/mol. The largest absolute Gasteiger partial charge is 0.481 e. The third-order valence-corrected chi connectivity index (χ3v) is 5.75. The van der Waals surface area contributed by atoms with E-state index < -0.39 is 27.2 Å². The minimum atomic E-state index is -3.63. The molecule has 2 unspecified atom stereocenters. The van der Waals surface area contributed by atoms with Crippen molar-refractivity contribution in [2.24, 2.45) is 5.92 Å². The Morgan fingerprint density at radius 2 is 2.00 bits per heavy atom. The summed E-state index contributed by atoms with van der Waals surface area (Å²) in [4.78, 5) is 11.1. The van der Waals surface area contributed by atoms with Crippen LogP contribution in [0.2, 0.25) is 0 Å². The van der Waals surface area contributed by atoms with E-state index in [2.05, 4.69) is 0 Å². The molecule has 7 heteroatoms. The molecule has 1 aliphatic carbocycles. The molecule has 1 saturated carbocycles. The Morgan fingerprint density at radius 1 is 1.33 bits per heavy atom. The lowest BCUT2D eigenvalue weighted by Gasteiger charge is -2.26. The zero-order valence-electron chi connectivity index (χ0n) is 10.6. The van der Waals surface area contributed by atoms with Crippen molar-refractivity contribution < 1.29 is 23.4 Å². The van der Waals surface area contributed by atoms with Gasteiger partial charge in [-0.1, -0.05) is 13.3 Å². The van der Waals surface area contributed by atoms with Crippen LogP contribution in [0.1, 0.15) is 32.6 Å². The van der Waals surface area contributed by atoms with Gasteiger partial charge in [0.05, 0.1) is 17.8 Å². The van der Waals surface area contributed by atoms with Gasteiger partial charge in [0.1, 0.15) is 0 Å². The number of nitrogens with zero attached hydrogens (tertiary/aromatic N) is 1. The van der Waals surface area contributed by atoms with Gasteiger partial charge in [0.15, 0.2) is 0 Å². The summed E-state index contributed by atoms with van der Waals surface area (Å²) < 4.78 is 26.0. The monoisotopic (exact) mass is 279 g/mol. The SMILES string of the molecule is CCCN(CCO)S(=O)(=O)C1CCCC1C(=O)O. The molecule has 1 fully saturated rings. The van der Waals surface area contributed by atoms with Crippen molar-refractivity contribution >= 4 is 16.0 Å². The van der Waals surface area contributed by atoms with E-state index in [1.54, 1.807) is 0 Å². The van der Waals surface area contributed by atoms with Crippen LogP contribution in [0.5, 0.6) is 0 Å². The highest BCUT2D eigenvalue weighted by Gasteiger charge is 2.43. The first kappa shape index (κ1) is 15.4. The Kier molecular flexibility index (Phi) is 5.55. The van der Waals surface area contributed by atoms with Crippen molar-refractivity contribution in [2.75, 3.05) is 19.7 Å². The highest BCUT2D eigenvalue weighted by molar-refractivity contribution is 7.89. The number of hydrogen-bond acceptors (Lipinski definition) is 4. The van der Waals surface area contributed by atoms with Gasteiger partial charge >= 0.3 is 5.97 Å². The van der Waals surface area contributed by atoms with E-state index >= 15 is 0 Å². The van der Waals surface area contributed by atoms with Gasteiger partial charge < -0.3 is 10.2 Å². The van der Waals surface area contributed by atoms with E-state index in [-0.39, 0.29) is 13.2 Å². The number of hydrogen-bond donors (Lipinski definition) is 2. The lowest BCUT2D eigenvalue weighted by atomic mass is 10.1. The Balaban J connectivity index is 2.92. The maximum absolute atomic E-state index is 12.4. The van der Waals surface area contributed by atoms with Crippen LogP contribution in [0.4, 0.5) is 0 Å². The average Bonchev–Trinajstić information content (AvgIpc) is 2.78. The van der Waals surface area contributed by atoms with Crippen LogP contribution in [-0.2, 0) is 14.8 Å².